The lowest BCUT2D eigenvalue weighted by Gasteiger charge is -2.58. The van der Waals surface area contributed by atoms with Gasteiger partial charge in [-0.3, -0.25) is 14.9 Å². The smallest absolute Gasteiger partial charge is 0.191 e. The lowest BCUT2D eigenvalue weighted by atomic mass is 9.55. The first kappa shape index (κ1) is 22.5. The molecular formula is C25H41N5O. The minimum atomic E-state index is 0.316. The molecule has 6 nitrogen and oxygen atoms in total. The fourth-order valence-corrected chi connectivity index (χ4v) is 5.87. The van der Waals surface area contributed by atoms with Crippen LogP contribution in [0.4, 0.5) is 0 Å². The normalized spacial score (nSPS) is 27.1. The highest BCUT2D eigenvalue weighted by Gasteiger charge is 2.55. The van der Waals surface area contributed by atoms with Gasteiger partial charge in [0.2, 0.25) is 0 Å². The van der Waals surface area contributed by atoms with Gasteiger partial charge in [-0.15, -0.1) is 0 Å². The van der Waals surface area contributed by atoms with Gasteiger partial charge < -0.3 is 15.4 Å². The predicted octanol–water partition coefficient (Wildman–Crippen LogP) is 3.73. The number of pyridine rings is 1. The van der Waals surface area contributed by atoms with Crippen molar-refractivity contribution in [2.45, 2.75) is 89.9 Å². The number of likely N-dealkylation sites (tertiary alicyclic amines) is 1. The number of nitrogens with zero attached hydrogens (tertiary/aromatic N) is 3. The fraction of sp³-hybridized carbons (Fsp3) is 0.760. The van der Waals surface area contributed by atoms with E-state index in [2.05, 4.69) is 46.5 Å². The number of hydrogen-bond acceptors (Lipinski definition) is 4. The SMILES string of the molecule is CCN=C(NC1CCN(Cc2ccccn2)CC1)NC1CC(OCC)C12CCCCC2. The van der Waals surface area contributed by atoms with E-state index in [1.54, 1.807) is 0 Å². The molecule has 1 aliphatic heterocycles. The Bertz CT molecular complexity index is 695. The molecule has 172 valence electrons. The molecule has 1 spiro atoms. The third-order valence-electron chi connectivity index (χ3n) is 7.60. The van der Waals surface area contributed by atoms with Crippen LogP contribution in [-0.4, -0.2) is 60.3 Å². The average Bonchev–Trinajstić information content (AvgIpc) is 2.81. The Morgan fingerprint density at radius 1 is 1.16 bits per heavy atom. The molecule has 2 atom stereocenters. The van der Waals surface area contributed by atoms with E-state index in [0.29, 0.717) is 23.6 Å². The third-order valence-corrected chi connectivity index (χ3v) is 7.60. The maximum absolute atomic E-state index is 6.14. The molecule has 3 fully saturated rings. The number of ether oxygens (including phenoxy) is 1. The molecule has 0 bridgehead atoms. The Kier molecular flexibility index (Phi) is 7.83. The Morgan fingerprint density at radius 2 is 1.97 bits per heavy atom. The van der Waals surface area contributed by atoms with Gasteiger partial charge in [-0.2, -0.15) is 0 Å². The predicted molar refractivity (Wildman–Crippen MR) is 126 cm³/mol. The summed E-state index contributed by atoms with van der Waals surface area (Å²) < 4.78 is 6.14. The highest BCUT2D eigenvalue weighted by Crippen LogP contribution is 2.53. The zero-order valence-electron chi connectivity index (χ0n) is 19.5. The van der Waals surface area contributed by atoms with Gasteiger partial charge in [0.05, 0.1) is 11.8 Å². The van der Waals surface area contributed by atoms with Gasteiger partial charge in [0.25, 0.3) is 0 Å². The van der Waals surface area contributed by atoms with Crippen LogP contribution in [0.15, 0.2) is 29.4 Å². The highest BCUT2D eigenvalue weighted by molar-refractivity contribution is 5.80. The first-order chi connectivity index (χ1) is 15.2. The fourth-order valence-electron chi connectivity index (χ4n) is 5.87. The monoisotopic (exact) mass is 427 g/mol. The van der Waals surface area contributed by atoms with Gasteiger partial charge in [-0.1, -0.05) is 25.3 Å². The summed E-state index contributed by atoms with van der Waals surface area (Å²) in [7, 11) is 0. The molecular weight excluding hydrogens is 386 g/mol. The van der Waals surface area contributed by atoms with Crippen molar-refractivity contribution in [3.63, 3.8) is 0 Å². The van der Waals surface area contributed by atoms with Crippen LogP contribution < -0.4 is 10.6 Å². The number of piperidine rings is 1. The van der Waals surface area contributed by atoms with Crippen molar-refractivity contribution in [3.8, 4) is 0 Å². The average molecular weight is 428 g/mol. The summed E-state index contributed by atoms with van der Waals surface area (Å²) in [4.78, 5) is 11.8. The summed E-state index contributed by atoms with van der Waals surface area (Å²) in [6.07, 6.45) is 12.4. The number of aromatic nitrogens is 1. The van der Waals surface area contributed by atoms with Gasteiger partial charge in [-0.05, 0) is 58.1 Å². The van der Waals surface area contributed by atoms with E-state index in [-0.39, 0.29) is 0 Å². The molecule has 3 aliphatic rings. The molecule has 2 heterocycles. The highest BCUT2D eigenvalue weighted by atomic mass is 16.5. The van der Waals surface area contributed by atoms with E-state index in [1.165, 1.54) is 32.1 Å². The summed E-state index contributed by atoms with van der Waals surface area (Å²) in [6, 6.07) is 7.16. The third kappa shape index (κ3) is 5.40. The zero-order valence-corrected chi connectivity index (χ0v) is 19.5. The zero-order chi connectivity index (χ0) is 21.5. The van der Waals surface area contributed by atoms with E-state index in [4.69, 9.17) is 9.73 Å². The van der Waals surface area contributed by atoms with Crippen molar-refractivity contribution in [1.82, 2.24) is 20.5 Å². The lowest BCUT2D eigenvalue weighted by molar-refractivity contribution is -0.145. The first-order valence-corrected chi connectivity index (χ1v) is 12.5. The van der Waals surface area contributed by atoms with E-state index in [1.807, 2.05) is 12.3 Å². The molecule has 2 aliphatic carbocycles. The number of aliphatic imine (C=N–C) groups is 1. The second kappa shape index (κ2) is 10.8. The Labute approximate surface area is 188 Å². The second-order valence-electron chi connectivity index (χ2n) is 9.51. The maximum atomic E-state index is 6.14. The number of guanidine groups is 1. The molecule has 31 heavy (non-hydrogen) atoms. The molecule has 6 heteroatoms. The lowest BCUT2D eigenvalue weighted by Crippen LogP contribution is -2.67. The summed E-state index contributed by atoms with van der Waals surface area (Å²) in [6.45, 7) is 9.04. The minimum Gasteiger partial charge on any atom is -0.378 e. The standard InChI is InChI=1S/C25H41N5O/c1-3-26-24(29-22-18-23(31-4-2)25(22)13-7-5-8-14-25)28-20-11-16-30(17-12-20)19-21-10-6-9-15-27-21/h6,9-10,15,20,22-23H,3-5,7-8,11-14,16-19H2,1-2H3,(H2,26,28,29). The Morgan fingerprint density at radius 3 is 2.65 bits per heavy atom. The van der Waals surface area contributed by atoms with Gasteiger partial charge in [0, 0.05) is 56.5 Å². The largest absolute Gasteiger partial charge is 0.378 e. The van der Waals surface area contributed by atoms with Crippen LogP contribution in [0.5, 0.6) is 0 Å². The van der Waals surface area contributed by atoms with E-state index in [0.717, 1.165) is 63.7 Å². The number of nitrogens with one attached hydrogen (secondary N) is 2. The molecule has 0 amide bonds. The van der Waals surface area contributed by atoms with E-state index < -0.39 is 0 Å². The topological polar surface area (TPSA) is 61.8 Å². The van der Waals surface area contributed by atoms with Gasteiger partial charge in [0.15, 0.2) is 5.96 Å². The van der Waals surface area contributed by atoms with Crippen LogP contribution >= 0.6 is 0 Å². The van der Waals surface area contributed by atoms with Crippen LogP contribution in [0.1, 0.15) is 70.9 Å². The molecule has 1 aromatic rings. The summed E-state index contributed by atoms with van der Waals surface area (Å²) in [5.74, 6) is 1.01. The summed E-state index contributed by atoms with van der Waals surface area (Å²) in [5, 5.41) is 7.60. The van der Waals surface area contributed by atoms with Crippen molar-refractivity contribution in [1.29, 1.82) is 0 Å². The molecule has 4 rings (SSSR count). The van der Waals surface area contributed by atoms with Gasteiger partial charge >= 0.3 is 0 Å². The summed E-state index contributed by atoms with van der Waals surface area (Å²) in [5.41, 5.74) is 1.48. The molecule has 2 saturated carbocycles. The maximum Gasteiger partial charge on any atom is 0.191 e. The van der Waals surface area contributed by atoms with Crippen LogP contribution in [-0.2, 0) is 11.3 Å². The van der Waals surface area contributed by atoms with E-state index >= 15 is 0 Å². The van der Waals surface area contributed by atoms with Crippen molar-refractivity contribution in [3.05, 3.63) is 30.1 Å². The van der Waals surface area contributed by atoms with Crippen molar-refractivity contribution < 1.29 is 4.74 Å². The van der Waals surface area contributed by atoms with Crippen molar-refractivity contribution in [2.75, 3.05) is 26.2 Å². The van der Waals surface area contributed by atoms with Crippen molar-refractivity contribution in [2.24, 2.45) is 10.4 Å². The molecule has 0 radical (unpaired) electrons. The van der Waals surface area contributed by atoms with Crippen molar-refractivity contribution >= 4 is 5.96 Å². The molecule has 0 aromatic carbocycles. The number of hydrogen-bond donors (Lipinski definition) is 2. The van der Waals surface area contributed by atoms with Crippen LogP contribution in [0.25, 0.3) is 0 Å². The molecule has 2 N–H and O–H groups in total. The first-order valence-electron chi connectivity index (χ1n) is 12.5. The quantitative estimate of drug-likeness (QED) is 0.513. The van der Waals surface area contributed by atoms with Crippen LogP contribution in [0.3, 0.4) is 0 Å². The van der Waals surface area contributed by atoms with Gasteiger partial charge in [-0.25, -0.2) is 0 Å². The van der Waals surface area contributed by atoms with Gasteiger partial charge in [0.1, 0.15) is 0 Å². The Balaban J connectivity index is 1.29. The second-order valence-corrected chi connectivity index (χ2v) is 9.51. The number of rotatable bonds is 7. The molecule has 1 aromatic heterocycles. The summed E-state index contributed by atoms with van der Waals surface area (Å²) >= 11 is 0. The Hall–Kier alpha value is -1.66. The van der Waals surface area contributed by atoms with Crippen LogP contribution in [0.2, 0.25) is 0 Å². The molecule has 1 saturated heterocycles. The van der Waals surface area contributed by atoms with Crippen LogP contribution in [0, 0.1) is 5.41 Å². The molecule has 2 unspecified atom stereocenters. The van der Waals surface area contributed by atoms with E-state index in [9.17, 15) is 0 Å². The minimum absolute atomic E-state index is 0.316.